The molecule has 1 amide bonds. The zero-order chi connectivity index (χ0) is 21.7. The molecule has 0 bridgehead atoms. The van der Waals surface area contributed by atoms with Crippen LogP contribution in [0.1, 0.15) is 25.0 Å². The van der Waals surface area contributed by atoms with Crippen molar-refractivity contribution < 1.29 is 4.79 Å². The molecule has 158 valence electrons. The molecule has 0 atom stereocenters. The smallest absolute Gasteiger partial charge is 0.234 e. The monoisotopic (exact) mass is 423 g/mol. The first-order chi connectivity index (χ1) is 14.4. The Kier molecular flexibility index (Phi) is 7.15. The van der Waals surface area contributed by atoms with Crippen LogP contribution in [0.25, 0.3) is 11.4 Å². The third-order valence-corrected chi connectivity index (χ3v) is 6.32. The van der Waals surface area contributed by atoms with E-state index in [1.807, 2.05) is 43.7 Å². The lowest BCUT2D eigenvalue weighted by molar-refractivity contribution is -0.113. The first-order valence-corrected chi connectivity index (χ1v) is 11.2. The molecule has 2 aromatic carbocycles. The number of rotatable bonds is 8. The molecular formula is C23H29N5OS. The summed E-state index contributed by atoms with van der Waals surface area (Å²) in [5.74, 6) is 1.01. The van der Waals surface area contributed by atoms with Gasteiger partial charge in [-0.15, -0.1) is 10.2 Å². The van der Waals surface area contributed by atoms with Crippen LogP contribution in [-0.2, 0) is 11.8 Å². The summed E-state index contributed by atoms with van der Waals surface area (Å²) >= 11 is 1.38. The van der Waals surface area contributed by atoms with E-state index >= 15 is 0 Å². The highest BCUT2D eigenvalue weighted by molar-refractivity contribution is 7.99. The Morgan fingerprint density at radius 1 is 1.07 bits per heavy atom. The Bertz CT molecular complexity index is 1010. The molecule has 1 aromatic heterocycles. The number of nitrogens with zero attached hydrogens (tertiary/aromatic N) is 4. The van der Waals surface area contributed by atoms with Gasteiger partial charge in [0.15, 0.2) is 11.0 Å². The second-order valence-corrected chi connectivity index (χ2v) is 8.11. The summed E-state index contributed by atoms with van der Waals surface area (Å²) in [4.78, 5) is 14.7. The molecule has 0 spiro atoms. The summed E-state index contributed by atoms with van der Waals surface area (Å²) < 4.78 is 1.93. The Balaban J connectivity index is 1.65. The minimum atomic E-state index is -0.0539. The van der Waals surface area contributed by atoms with Crippen molar-refractivity contribution in [3.8, 4) is 11.4 Å². The van der Waals surface area contributed by atoms with Crippen LogP contribution >= 0.6 is 11.8 Å². The quantitative estimate of drug-likeness (QED) is 0.533. The normalized spacial score (nSPS) is 10.8. The average molecular weight is 424 g/mol. The lowest BCUT2D eigenvalue weighted by atomic mass is 10.1. The maximum atomic E-state index is 12.4. The molecule has 0 aliphatic carbocycles. The minimum absolute atomic E-state index is 0.0539. The number of anilines is 2. The van der Waals surface area contributed by atoms with Gasteiger partial charge >= 0.3 is 0 Å². The van der Waals surface area contributed by atoms with E-state index in [2.05, 4.69) is 58.5 Å². The van der Waals surface area contributed by atoms with Gasteiger partial charge in [0.25, 0.3) is 0 Å². The first kappa shape index (κ1) is 21.9. The van der Waals surface area contributed by atoms with Crippen molar-refractivity contribution in [1.82, 2.24) is 14.8 Å². The van der Waals surface area contributed by atoms with Crippen molar-refractivity contribution >= 4 is 29.0 Å². The van der Waals surface area contributed by atoms with Crippen LogP contribution in [0, 0.1) is 13.8 Å². The Morgan fingerprint density at radius 3 is 2.43 bits per heavy atom. The summed E-state index contributed by atoms with van der Waals surface area (Å²) in [5.41, 5.74) is 5.30. The van der Waals surface area contributed by atoms with E-state index < -0.39 is 0 Å². The van der Waals surface area contributed by atoms with Crippen LogP contribution in [0.15, 0.2) is 47.6 Å². The van der Waals surface area contributed by atoms with Crippen molar-refractivity contribution in [2.24, 2.45) is 7.05 Å². The van der Waals surface area contributed by atoms with E-state index in [1.54, 1.807) is 0 Å². The minimum Gasteiger partial charge on any atom is -0.372 e. The summed E-state index contributed by atoms with van der Waals surface area (Å²) in [6.45, 7) is 10.3. The van der Waals surface area contributed by atoms with Gasteiger partial charge in [-0.3, -0.25) is 4.79 Å². The molecule has 0 radical (unpaired) electrons. The summed E-state index contributed by atoms with van der Waals surface area (Å²) in [6, 6.07) is 14.3. The number of aryl methyl sites for hydroxylation is 1. The van der Waals surface area contributed by atoms with E-state index in [4.69, 9.17) is 0 Å². The molecule has 3 rings (SSSR count). The number of benzene rings is 2. The molecule has 1 N–H and O–H groups in total. The summed E-state index contributed by atoms with van der Waals surface area (Å²) in [6.07, 6.45) is 0. The van der Waals surface area contributed by atoms with Gasteiger partial charge in [-0.25, -0.2) is 0 Å². The fourth-order valence-electron chi connectivity index (χ4n) is 3.30. The molecule has 0 saturated heterocycles. The predicted molar refractivity (Wildman–Crippen MR) is 125 cm³/mol. The maximum Gasteiger partial charge on any atom is 0.234 e. The van der Waals surface area contributed by atoms with E-state index in [0.29, 0.717) is 5.16 Å². The largest absolute Gasteiger partial charge is 0.372 e. The SMILES string of the molecule is CCN(CC)c1ccc(-c2nnc(SCC(=O)Nc3cccc(C)c3C)n2C)cc1. The zero-order valence-electron chi connectivity index (χ0n) is 18.3. The molecule has 7 heteroatoms. The summed E-state index contributed by atoms with van der Waals surface area (Å²) in [7, 11) is 1.93. The molecule has 0 aliphatic rings. The fraction of sp³-hybridized carbons (Fsp3) is 0.348. The Hall–Kier alpha value is -2.80. The second kappa shape index (κ2) is 9.80. The number of carbonyl (C=O) groups is 1. The number of nitrogens with one attached hydrogen (secondary N) is 1. The van der Waals surface area contributed by atoms with Crippen molar-refractivity contribution in [2.75, 3.05) is 29.1 Å². The summed E-state index contributed by atoms with van der Waals surface area (Å²) in [5, 5.41) is 12.3. The molecule has 0 saturated carbocycles. The Morgan fingerprint density at radius 2 is 1.77 bits per heavy atom. The topological polar surface area (TPSA) is 63.1 Å². The van der Waals surface area contributed by atoms with Crippen LogP contribution in [0.3, 0.4) is 0 Å². The zero-order valence-corrected chi connectivity index (χ0v) is 19.1. The molecular weight excluding hydrogens is 394 g/mol. The van der Waals surface area contributed by atoms with E-state index in [1.165, 1.54) is 17.4 Å². The highest BCUT2D eigenvalue weighted by atomic mass is 32.2. The number of hydrogen-bond donors (Lipinski definition) is 1. The van der Waals surface area contributed by atoms with Gasteiger partial charge in [0.2, 0.25) is 5.91 Å². The number of aromatic nitrogens is 3. The highest BCUT2D eigenvalue weighted by Gasteiger charge is 2.14. The predicted octanol–water partition coefficient (Wildman–Crippen LogP) is 4.68. The molecule has 0 fully saturated rings. The van der Waals surface area contributed by atoms with Gasteiger partial charge in [-0.05, 0) is 69.2 Å². The van der Waals surface area contributed by atoms with Crippen LogP contribution < -0.4 is 10.2 Å². The van der Waals surface area contributed by atoms with Gasteiger partial charge in [0.1, 0.15) is 0 Å². The number of hydrogen-bond acceptors (Lipinski definition) is 5. The first-order valence-electron chi connectivity index (χ1n) is 10.2. The average Bonchev–Trinajstić information content (AvgIpc) is 3.12. The van der Waals surface area contributed by atoms with E-state index in [0.717, 1.165) is 41.3 Å². The number of amides is 1. The third kappa shape index (κ3) is 4.84. The lowest BCUT2D eigenvalue weighted by Gasteiger charge is -2.21. The maximum absolute atomic E-state index is 12.4. The van der Waals surface area contributed by atoms with Gasteiger partial charge in [0.05, 0.1) is 5.75 Å². The molecule has 30 heavy (non-hydrogen) atoms. The van der Waals surface area contributed by atoms with Crippen LogP contribution in [-0.4, -0.2) is 39.5 Å². The molecule has 6 nitrogen and oxygen atoms in total. The van der Waals surface area contributed by atoms with Gasteiger partial charge in [-0.1, -0.05) is 23.9 Å². The number of thioether (sulfide) groups is 1. The van der Waals surface area contributed by atoms with E-state index in [9.17, 15) is 4.79 Å². The fourth-order valence-corrected chi connectivity index (χ4v) is 4.02. The lowest BCUT2D eigenvalue weighted by Crippen LogP contribution is -2.21. The molecule has 0 aliphatic heterocycles. The molecule has 3 aromatic rings. The van der Waals surface area contributed by atoms with Gasteiger partial charge < -0.3 is 14.8 Å². The standard InChI is InChI=1S/C23H29N5OS/c1-6-28(7-2)19-13-11-18(12-14-19)22-25-26-23(27(22)5)30-15-21(29)24-20-10-8-9-16(3)17(20)4/h8-14H,6-7,15H2,1-5H3,(H,24,29). The van der Waals surface area contributed by atoms with E-state index in [-0.39, 0.29) is 11.7 Å². The second-order valence-electron chi connectivity index (χ2n) is 7.17. The van der Waals surface area contributed by atoms with Crippen molar-refractivity contribution in [3.05, 3.63) is 53.6 Å². The van der Waals surface area contributed by atoms with Crippen LogP contribution in [0.4, 0.5) is 11.4 Å². The molecule has 0 unspecified atom stereocenters. The van der Waals surface area contributed by atoms with Crippen LogP contribution in [0.2, 0.25) is 0 Å². The Labute approximate surface area is 182 Å². The number of carbonyl (C=O) groups excluding carboxylic acids is 1. The van der Waals surface area contributed by atoms with Crippen molar-refractivity contribution in [3.63, 3.8) is 0 Å². The van der Waals surface area contributed by atoms with Gasteiger partial charge in [0, 0.05) is 37.1 Å². The molecule has 1 heterocycles. The van der Waals surface area contributed by atoms with Gasteiger partial charge in [-0.2, -0.15) is 0 Å². The van der Waals surface area contributed by atoms with Crippen molar-refractivity contribution in [1.29, 1.82) is 0 Å². The van der Waals surface area contributed by atoms with Crippen LogP contribution in [0.5, 0.6) is 0 Å². The third-order valence-electron chi connectivity index (χ3n) is 5.30. The highest BCUT2D eigenvalue weighted by Crippen LogP contribution is 2.25. The van der Waals surface area contributed by atoms with Crippen molar-refractivity contribution in [2.45, 2.75) is 32.9 Å².